The van der Waals surface area contributed by atoms with E-state index >= 15 is 0 Å². The first-order valence-corrected chi connectivity index (χ1v) is 7.59. The number of aryl methyl sites for hydroxylation is 2. The van der Waals surface area contributed by atoms with Gasteiger partial charge in [-0.3, -0.25) is 4.98 Å². The molecule has 1 aromatic carbocycles. The number of hydrogen-bond donors (Lipinski definition) is 1. The van der Waals surface area contributed by atoms with Crippen molar-refractivity contribution in [2.45, 2.75) is 19.9 Å². The third kappa shape index (κ3) is 2.23. The normalized spacial score (nSPS) is 12.8. The highest BCUT2D eigenvalue weighted by Crippen LogP contribution is 2.33. The van der Waals surface area contributed by atoms with Gasteiger partial charge in [0.2, 0.25) is 0 Å². The molecule has 3 heteroatoms. The molecule has 0 saturated carbocycles. The molecule has 0 aliphatic carbocycles. The molecule has 1 atom stereocenters. The molecule has 2 nitrogen and oxygen atoms in total. The van der Waals surface area contributed by atoms with Crippen LogP contribution in [-0.4, -0.2) is 12.0 Å². The van der Waals surface area contributed by atoms with Crippen LogP contribution in [0.2, 0.25) is 0 Å². The molecule has 2 aromatic heterocycles. The van der Waals surface area contributed by atoms with Crippen molar-refractivity contribution in [2.24, 2.45) is 0 Å². The van der Waals surface area contributed by atoms with Crippen LogP contribution in [0, 0.1) is 13.8 Å². The van der Waals surface area contributed by atoms with Crippen LogP contribution in [0.3, 0.4) is 0 Å². The van der Waals surface area contributed by atoms with E-state index in [1.165, 1.54) is 31.7 Å². The first kappa shape index (κ1) is 13.3. The molecule has 2 heterocycles. The maximum Gasteiger partial charge on any atom is 0.0675 e. The van der Waals surface area contributed by atoms with E-state index < -0.39 is 0 Å². The smallest absolute Gasteiger partial charge is 0.0675 e. The van der Waals surface area contributed by atoms with Crippen molar-refractivity contribution in [1.29, 1.82) is 0 Å². The molecule has 0 aliphatic rings. The van der Waals surface area contributed by atoms with Gasteiger partial charge in [-0.2, -0.15) is 0 Å². The highest BCUT2D eigenvalue weighted by Gasteiger charge is 2.17. The van der Waals surface area contributed by atoms with Gasteiger partial charge in [0.25, 0.3) is 0 Å². The highest BCUT2D eigenvalue weighted by atomic mass is 32.1. The summed E-state index contributed by atoms with van der Waals surface area (Å²) in [5.74, 6) is 0. The topological polar surface area (TPSA) is 24.9 Å². The lowest BCUT2D eigenvalue weighted by molar-refractivity contribution is 0.708. The lowest BCUT2D eigenvalue weighted by Crippen LogP contribution is -2.16. The number of nitrogens with zero attached hydrogens (tertiary/aromatic N) is 1. The van der Waals surface area contributed by atoms with Crippen LogP contribution < -0.4 is 5.32 Å². The Morgan fingerprint density at radius 2 is 2.05 bits per heavy atom. The van der Waals surface area contributed by atoms with Crippen molar-refractivity contribution in [2.75, 3.05) is 7.05 Å². The predicted molar refractivity (Wildman–Crippen MR) is 86.4 cm³/mol. The van der Waals surface area contributed by atoms with E-state index in [1.54, 1.807) is 0 Å². The Labute approximate surface area is 123 Å². The SMILES string of the molecule is CNC(c1cc(C)c(C)s1)c1cccc2ccncc12. The van der Waals surface area contributed by atoms with Gasteiger partial charge in [0.05, 0.1) is 6.04 Å². The minimum Gasteiger partial charge on any atom is -0.309 e. The Kier molecular flexibility index (Phi) is 3.55. The van der Waals surface area contributed by atoms with Gasteiger partial charge in [-0.05, 0) is 49.5 Å². The van der Waals surface area contributed by atoms with Crippen molar-refractivity contribution in [3.05, 3.63) is 63.6 Å². The van der Waals surface area contributed by atoms with Gasteiger partial charge in [0.15, 0.2) is 0 Å². The third-order valence-corrected chi connectivity index (χ3v) is 5.00. The molecule has 0 spiro atoms. The Morgan fingerprint density at radius 1 is 1.20 bits per heavy atom. The van der Waals surface area contributed by atoms with Gasteiger partial charge < -0.3 is 5.32 Å². The Hall–Kier alpha value is -1.71. The van der Waals surface area contributed by atoms with Crippen LogP contribution >= 0.6 is 11.3 Å². The first-order valence-electron chi connectivity index (χ1n) is 6.77. The van der Waals surface area contributed by atoms with Crippen LogP contribution in [0.4, 0.5) is 0 Å². The number of aromatic nitrogens is 1. The summed E-state index contributed by atoms with van der Waals surface area (Å²) in [5.41, 5.74) is 2.66. The summed E-state index contributed by atoms with van der Waals surface area (Å²) in [5, 5.41) is 5.91. The quantitative estimate of drug-likeness (QED) is 0.778. The second kappa shape index (κ2) is 5.35. The van der Waals surface area contributed by atoms with Crippen molar-refractivity contribution in [3.63, 3.8) is 0 Å². The van der Waals surface area contributed by atoms with Crippen molar-refractivity contribution in [1.82, 2.24) is 10.3 Å². The number of hydrogen-bond acceptors (Lipinski definition) is 3. The molecule has 20 heavy (non-hydrogen) atoms. The molecule has 3 aromatic rings. The Balaban J connectivity index is 2.16. The molecule has 0 aliphatic heterocycles. The number of nitrogens with one attached hydrogen (secondary N) is 1. The first-order chi connectivity index (χ1) is 9.70. The number of thiophene rings is 1. The molecule has 1 N–H and O–H groups in total. The Bertz CT molecular complexity index is 721. The van der Waals surface area contributed by atoms with E-state index in [0.717, 1.165) is 0 Å². The fraction of sp³-hybridized carbons (Fsp3) is 0.235. The van der Waals surface area contributed by atoms with E-state index in [9.17, 15) is 0 Å². The molecule has 102 valence electrons. The lowest BCUT2D eigenvalue weighted by Gasteiger charge is -2.17. The molecule has 1 unspecified atom stereocenters. The average molecular weight is 282 g/mol. The minimum absolute atomic E-state index is 0.222. The molecule has 0 fully saturated rings. The largest absolute Gasteiger partial charge is 0.309 e. The van der Waals surface area contributed by atoms with Crippen molar-refractivity contribution in [3.8, 4) is 0 Å². The zero-order chi connectivity index (χ0) is 14.1. The van der Waals surface area contributed by atoms with Crippen LogP contribution in [0.5, 0.6) is 0 Å². The maximum atomic E-state index is 4.28. The van der Waals surface area contributed by atoms with E-state index in [4.69, 9.17) is 0 Å². The predicted octanol–water partition coefficient (Wildman–Crippen LogP) is 4.22. The lowest BCUT2D eigenvalue weighted by atomic mass is 9.99. The van der Waals surface area contributed by atoms with E-state index in [0.29, 0.717) is 0 Å². The van der Waals surface area contributed by atoms with E-state index in [1.807, 2.05) is 30.8 Å². The summed E-state index contributed by atoms with van der Waals surface area (Å²) in [6.45, 7) is 4.35. The van der Waals surface area contributed by atoms with Gasteiger partial charge in [0.1, 0.15) is 0 Å². The van der Waals surface area contributed by atoms with E-state index in [2.05, 4.69) is 54.5 Å². The van der Waals surface area contributed by atoms with Gasteiger partial charge >= 0.3 is 0 Å². The zero-order valence-corrected chi connectivity index (χ0v) is 12.8. The second-order valence-corrected chi connectivity index (χ2v) is 6.34. The molecule has 0 saturated heterocycles. The molecule has 0 amide bonds. The number of fused-ring (bicyclic) bond motifs is 1. The summed E-state index contributed by atoms with van der Waals surface area (Å²) in [6.07, 6.45) is 3.81. The van der Waals surface area contributed by atoms with Crippen molar-refractivity contribution < 1.29 is 0 Å². The molecule has 0 radical (unpaired) electrons. The van der Waals surface area contributed by atoms with Crippen LogP contribution in [-0.2, 0) is 0 Å². The minimum atomic E-state index is 0.222. The fourth-order valence-electron chi connectivity index (χ4n) is 2.58. The van der Waals surface area contributed by atoms with Gasteiger partial charge in [-0.25, -0.2) is 0 Å². The average Bonchev–Trinajstić information content (AvgIpc) is 2.79. The van der Waals surface area contributed by atoms with Crippen LogP contribution in [0.25, 0.3) is 10.8 Å². The van der Waals surface area contributed by atoms with Gasteiger partial charge in [0, 0.05) is 27.5 Å². The van der Waals surface area contributed by atoms with Crippen LogP contribution in [0.1, 0.15) is 26.9 Å². The third-order valence-electron chi connectivity index (χ3n) is 3.79. The molecular weight excluding hydrogens is 264 g/mol. The number of rotatable bonds is 3. The maximum absolute atomic E-state index is 4.28. The second-order valence-electron chi connectivity index (χ2n) is 5.05. The van der Waals surface area contributed by atoms with E-state index in [-0.39, 0.29) is 6.04 Å². The summed E-state index contributed by atoms with van der Waals surface area (Å²) in [4.78, 5) is 7.03. The number of pyridine rings is 1. The van der Waals surface area contributed by atoms with Gasteiger partial charge in [-0.15, -0.1) is 11.3 Å². The number of benzene rings is 1. The molecule has 3 rings (SSSR count). The monoisotopic (exact) mass is 282 g/mol. The van der Waals surface area contributed by atoms with Crippen molar-refractivity contribution >= 4 is 22.1 Å². The zero-order valence-electron chi connectivity index (χ0n) is 12.0. The molecule has 0 bridgehead atoms. The highest BCUT2D eigenvalue weighted by molar-refractivity contribution is 7.12. The summed E-state index contributed by atoms with van der Waals surface area (Å²) in [7, 11) is 2.02. The van der Waals surface area contributed by atoms with Gasteiger partial charge in [-0.1, -0.05) is 18.2 Å². The molecular formula is C17H18N2S. The summed E-state index contributed by atoms with van der Waals surface area (Å²) in [6, 6.07) is 11.0. The fourth-order valence-corrected chi connectivity index (χ4v) is 3.76. The summed E-state index contributed by atoms with van der Waals surface area (Å²) < 4.78 is 0. The Morgan fingerprint density at radius 3 is 2.75 bits per heavy atom. The van der Waals surface area contributed by atoms with Crippen LogP contribution in [0.15, 0.2) is 42.7 Å². The standard InChI is InChI=1S/C17H18N2S/c1-11-9-16(20-12(11)2)17(18-3)14-6-4-5-13-7-8-19-10-15(13)14/h4-10,17-18H,1-3H3. The summed E-state index contributed by atoms with van der Waals surface area (Å²) >= 11 is 1.87.